The van der Waals surface area contributed by atoms with Crippen molar-refractivity contribution in [2.45, 2.75) is 12.5 Å². The average molecular weight is 300 g/mol. The first kappa shape index (κ1) is 12.0. The summed E-state index contributed by atoms with van der Waals surface area (Å²) >= 11 is 3.17. The van der Waals surface area contributed by atoms with E-state index >= 15 is 0 Å². The van der Waals surface area contributed by atoms with Crippen molar-refractivity contribution in [3.8, 4) is 0 Å². The van der Waals surface area contributed by atoms with E-state index in [0.717, 1.165) is 0 Å². The van der Waals surface area contributed by atoms with Crippen LogP contribution >= 0.6 is 15.9 Å². The fourth-order valence-corrected chi connectivity index (χ4v) is 2.22. The first-order valence-corrected chi connectivity index (χ1v) is 5.76. The van der Waals surface area contributed by atoms with E-state index in [4.69, 9.17) is 5.41 Å². The molecule has 2 amide bonds. The zero-order chi connectivity index (χ0) is 12.8. The minimum absolute atomic E-state index is 0.0220. The molecule has 1 aromatic rings. The van der Waals surface area contributed by atoms with Crippen molar-refractivity contribution in [3.05, 3.63) is 34.1 Å². The molecule has 2 rings (SSSR count). The van der Waals surface area contributed by atoms with Gasteiger partial charge in [0.1, 0.15) is 17.2 Å². The SMILES string of the molecule is CN1C(=O)NC(=N)C1(C)c1ccc(Br)cc1F. The third kappa shape index (κ3) is 1.63. The summed E-state index contributed by atoms with van der Waals surface area (Å²) in [5, 5.41) is 10.2. The predicted molar refractivity (Wildman–Crippen MR) is 65.5 cm³/mol. The van der Waals surface area contributed by atoms with Gasteiger partial charge in [-0.15, -0.1) is 0 Å². The van der Waals surface area contributed by atoms with Gasteiger partial charge in [-0.05, 0) is 19.1 Å². The number of rotatable bonds is 1. The Bertz CT molecular complexity index is 519. The molecule has 4 nitrogen and oxygen atoms in total. The van der Waals surface area contributed by atoms with Gasteiger partial charge < -0.3 is 4.90 Å². The molecule has 0 radical (unpaired) electrons. The molecule has 6 heteroatoms. The molecule has 0 saturated carbocycles. The van der Waals surface area contributed by atoms with Crippen LogP contribution in [0, 0.1) is 11.2 Å². The van der Waals surface area contributed by atoms with Crippen molar-refractivity contribution < 1.29 is 9.18 Å². The zero-order valence-corrected chi connectivity index (χ0v) is 10.9. The van der Waals surface area contributed by atoms with Gasteiger partial charge in [0.05, 0.1) is 0 Å². The van der Waals surface area contributed by atoms with Crippen molar-refractivity contribution in [1.82, 2.24) is 10.2 Å². The lowest BCUT2D eigenvalue weighted by atomic mass is 9.90. The largest absolute Gasteiger partial charge is 0.323 e. The number of nitrogens with one attached hydrogen (secondary N) is 2. The number of amidine groups is 1. The van der Waals surface area contributed by atoms with Gasteiger partial charge in [0.25, 0.3) is 0 Å². The van der Waals surface area contributed by atoms with Gasteiger partial charge in [-0.3, -0.25) is 10.7 Å². The number of hydrogen-bond acceptors (Lipinski definition) is 2. The lowest BCUT2D eigenvalue weighted by Crippen LogP contribution is -2.42. The van der Waals surface area contributed by atoms with Crippen LogP contribution in [0.25, 0.3) is 0 Å². The Morgan fingerprint density at radius 2 is 2.18 bits per heavy atom. The van der Waals surface area contributed by atoms with Crippen LogP contribution in [0.3, 0.4) is 0 Å². The molecule has 1 saturated heterocycles. The van der Waals surface area contributed by atoms with Crippen LogP contribution < -0.4 is 5.32 Å². The van der Waals surface area contributed by atoms with Crippen LogP contribution in [0.1, 0.15) is 12.5 Å². The number of benzene rings is 1. The average Bonchev–Trinajstić information content (AvgIpc) is 2.43. The second-order valence-corrected chi connectivity index (χ2v) is 4.98. The third-order valence-corrected chi connectivity index (χ3v) is 3.64. The van der Waals surface area contributed by atoms with Gasteiger partial charge in [-0.2, -0.15) is 0 Å². The van der Waals surface area contributed by atoms with E-state index in [2.05, 4.69) is 21.2 Å². The maximum Gasteiger partial charge on any atom is 0.323 e. The Kier molecular flexibility index (Phi) is 2.69. The summed E-state index contributed by atoms with van der Waals surface area (Å²) < 4.78 is 14.5. The Labute approximate surface area is 106 Å². The van der Waals surface area contributed by atoms with Crippen molar-refractivity contribution in [2.75, 3.05) is 7.05 Å². The number of halogens is 2. The highest BCUT2D eigenvalue weighted by atomic mass is 79.9. The highest BCUT2D eigenvalue weighted by molar-refractivity contribution is 9.10. The molecule has 2 N–H and O–H groups in total. The molecule has 1 heterocycles. The Morgan fingerprint density at radius 3 is 2.65 bits per heavy atom. The van der Waals surface area contributed by atoms with Gasteiger partial charge >= 0.3 is 6.03 Å². The first-order chi connectivity index (χ1) is 7.87. The van der Waals surface area contributed by atoms with E-state index in [1.54, 1.807) is 26.1 Å². The monoisotopic (exact) mass is 299 g/mol. The quantitative estimate of drug-likeness (QED) is 0.822. The summed E-state index contributed by atoms with van der Waals surface area (Å²) in [6, 6.07) is 4.18. The standard InChI is InChI=1S/C11H11BrFN3O/c1-11(9(14)15-10(17)16(11)2)7-4-3-6(12)5-8(7)13/h3-5H,1-2H3,(H2,14,15,17). The summed E-state index contributed by atoms with van der Waals surface area (Å²) in [7, 11) is 1.54. The second kappa shape index (κ2) is 3.80. The smallest absolute Gasteiger partial charge is 0.311 e. The topological polar surface area (TPSA) is 56.2 Å². The summed E-state index contributed by atoms with van der Waals surface area (Å²) in [5.74, 6) is -0.471. The summed E-state index contributed by atoms with van der Waals surface area (Å²) in [6.07, 6.45) is 0. The molecule has 1 aliphatic rings. The summed E-state index contributed by atoms with van der Waals surface area (Å²) in [4.78, 5) is 12.8. The molecule has 1 aliphatic heterocycles. The fraction of sp³-hybridized carbons (Fsp3) is 0.273. The minimum Gasteiger partial charge on any atom is -0.311 e. The lowest BCUT2D eigenvalue weighted by Gasteiger charge is -2.30. The van der Waals surface area contributed by atoms with Crippen molar-refractivity contribution in [2.24, 2.45) is 0 Å². The van der Waals surface area contributed by atoms with Gasteiger partial charge in [-0.1, -0.05) is 22.0 Å². The fourth-order valence-electron chi connectivity index (χ4n) is 1.88. The van der Waals surface area contributed by atoms with Gasteiger partial charge in [0.2, 0.25) is 0 Å². The molecule has 1 unspecified atom stereocenters. The van der Waals surface area contributed by atoms with Crippen molar-refractivity contribution in [1.29, 1.82) is 5.41 Å². The van der Waals surface area contributed by atoms with E-state index < -0.39 is 17.4 Å². The molecule has 1 aromatic carbocycles. The van der Waals surface area contributed by atoms with E-state index in [-0.39, 0.29) is 5.84 Å². The second-order valence-electron chi connectivity index (χ2n) is 4.06. The van der Waals surface area contributed by atoms with Gasteiger partial charge in [0, 0.05) is 17.1 Å². The van der Waals surface area contributed by atoms with E-state index in [0.29, 0.717) is 10.0 Å². The highest BCUT2D eigenvalue weighted by Crippen LogP contribution is 2.34. The molecule has 0 aromatic heterocycles. The van der Waals surface area contributed by atoms with Crippen LogP contribution in [-0.4, -0.2) is 23.8 Å². The third-order valence-electron chi connectivity index (χ3n) is 3.15. The molecule has 90 valence electrons. The van der Waals surface area contributed by atoms with Crippen LogP contribution in [0.2, 0.25) is 0 Å². The summed E-state index contributed by atoms with van der Waals surface area (Å²) in [6.45, 7) is 1.64. The number of hydrogen-bond donors (Lipinski definition) is 2. The van der Waals surface area contributed by atoms with Gasteiger partial charge in [-0.25, -0.2) is 9.18 Å². The number of urea groups is 1. The molecule has 1 atom stereocenters. The zero-order valence-electron chi connectivity index (χ0n) is 9.34. The molecular formula is C11H11BrFN3O. The number of carbonyl (C=O) groups excluding carboxylic acids is 1. The number of likely N-dealkylation sites (N-methyl/N-ethyl adjacent to an activating group) is 1. The maximum absolute atomic E-state index is 13.9. The molecule has 1 fully saturated rings. The summed E-state index contributed by atoms with van der Waals surface area (Å²) in [5.41, 5.74) is -0.784. The molecule has 17 heavy (non-hydrogen) atoms. The number of amides is 2. The van der Waals surface area contributed by atoms with Crippen molar-refractivity contribution >= 4 is 27.8 Å². The van der Waals surface area contributed by atoms with E-state index in [9.17, 15) is 9.18 Å². The Morgan fingerprint density at radius 1 is 1.53 bits per heavy atom. The van der Waals surface area contributed by atoms with Crippen LogP contribution in [0.5, 0.6) is 0 Å². The molecular weight excluding hydrogens is 289 g/mol. The Hall–Kier alpha value is -1.43. The molecule has 0 bridgehead atoms. The molecule has 0 spiro atoms. The van der Waals surface area contributed by atoms with E-state index in [1.165, 1.54) is 11.0 Å². The predicted octanol–water partition coefficient (Wildman–Crippen LogP) is 2.44. The highest BCUT2D eigenvalue weighted by Gasteiger charge is 2.47. The van der Waals surface area contributed by atoms with Crippen LogP contribution in [0.4, 0.5) is 9.18 Å². The minimum atomic E-state index is -1.08. The maximum atomic E-state index is 13.9. The first-order valence-electron chi connectivity index (χ1n) is 4.96. The van der Waals surface area contributed by atoms with Crippen molar-refractivity contribution in [3.63, 3.8) is 0 Å². The van der Waals surface area contributed by atoms with E-state index in [1.807, 2.05) is 0 Å². The lowest BCUT2D eigenvalue weighted by molar-refractivity contribution is 0.197. The van der Waals surface area contributed by atoms with Crippen LogP contribution in [-0.2, 0) is 5.54 Å². The number of carbonyl (C=O) groups is 1. The Balaban J connectivity index is 2.58. The normalized spacial score (nSPS) is 24.1. The van der Waals surface area contributed by atoms with Crippen LogP contribution in [0.15, 0.2) is 22.7 Å². The number of nitrogens with zero attached hydrogens (tertiary/aromatic N) is 1. The van der Waals surface area contributed by atoms with Gasteiger partial charge in [0.15, 0.2) is 0 Å². The molecule has 0 aliphatic carbocycles.